The van der Waals surface area contributed by atoms with Gasteiger partial charge in [-0.1, -0.05) is 12.1 Å². The van der Waals surface area contributed by atoms with E-state index in [1.54, 1.807) is 31.2 Å². The van der Waals surface area contributed by atoms with Gasteiger partial charge in [-0.05, 0) is 58.7 Å². The van der Waals surface area contributed by atoms with Gasteiger partial charge in [0, 0.05) is 4.47 Å². The number of nitrogens with one attached hydrogen (secondary N) is 1. The summed E-state index contributed by atoms with van der Waals surface area (Å²) in [6, 6.07) is 10.3. The van der Waals surface area contributed by atoms with Gasteiger partial charge in [-0.25, -0.2) is 9.18 Å². The predicted molar refractivity (Wildman–Crippen MR) is 93.9 cm³/mol. The topological polar surface area (TPSA) is 64.6 Å². The largest absolute Gasteiger partial charge is 0.497 e. The molecule has 0 saturated carbocycles. The van der Waals surface area contributed by atoms with Crippen LogP contribution in [-0.2, 0) is 9.53 Å². The van der Waals surface area contributed by atoms with Crippen molar-refractivity contribution in [2.24, 2.45) is 0 Å². The molecule has 2 aromatic carbocycles. The molecule has 5 nitrogen and oxygen atoms in total. The minimum absolute atomic E-state index is 0.263. The second kappa shape index (κ2) is 8.62. The van der Waals surface area contributed by atoms with Gasteiger partial charge >= 0.3 is 5.97 Å². The van der Waals surface area contributed by atoms with E-state index in [4.69, 9.17) is 9.47 Å². The van der Waals surface area contributed by atoms with Gasteiger partial charge in [0.15, 0.2) is 6.61 Å². The molecule has 0 aliphatic heterocycles. The van der Waals surface area contributed by atoms with Crippen molar-refractivity contribution in [3.8, 4) is 5.75 Å². The van der Waals surface area contributed by atoms with E-state index >= 15 is 0 Å². The first-order valence-electron chi connectivity index (χ1n) is 7.46. The lowest BCUT2D eigenvalue weighted by atomic mass is 10.1. The van der Waals surface area contributed by atoms with Gasteiger partial charge in [-0.2, -0.15) is 0 Å². The standard InChI is InChI=1S/C18H17BrFNO4/c1-11(12-3-5-13(20)6-4-12)21-17(22)10-25-18(23)15-9-14(24-2)7-8-16(15)19/h3-9,11H,10H2,1-2H3,(H,21,22)/t11-/m1/s1. The van der Waals surface area contributed by atoms with E-state index in [2.05, 4.69) is 21.2 Å². The molecule has 0 aromatic heterocycles. The summed E-state index contributed by atoms with van der Waals surface area (Å²) in [5, 5.41) is 2.68. The van der Waals surface area contributed by atoms with Crippen molar-refractivity contribution in [3.05, 3.63) is 63.9 Å². The van der Waals surface area contributed by atoms with Crippen LogP contribution >= 0.6 is 15.9 Å². The molecule has 2 rings (SSSR count). The summed E-state index contributed by atoms with van der Waals surface area (Å²) in [6.45, 7) is 1.33. The van der Waals surface area contributed by atoms with Gasteiger partial charge in [0.05, 0.1) is 18.7 Å². The summed E-state index contributed by atoms with van der Waals surface area (Å²) in [5.74, 6) is -0.941. The molecule has 132 valence electrons. The average molecular weight is 410 g/mol. The molecular weight excluding hydrogens is 393 g/mol. The van der Waals surface area contributed by atoms with Gasteiger partial charge in [0.25, 0.3) is 5.91 Å². The number of benzene rings is 2. The lowest BCUT2D eigenvalue weighted by molar-refractivity contribution is -0.124. The molecule has 1 N–H and O–H groups in total. The van der Waals surface area contributed by atoms with E-state index in [1.165, 1.54) is 25.3 Å². The van der Waals surface area contributed by atoms with Crippen LogP contribution in [0.1, 0.15) is 28.9 Å². The van der Waals surface area contributed by atoms with Crippen molar-refractivity contribution in [1.82, 2.24) is 5.32 Å². The van der Waals surface area contributed by atoms with Crippen LogP contribution in [0.3, 0.4) is 0 Å². The van der Waals surface area contributed by atoms with Crippen molar-refractivity contribution < 1.29 is 23.5 Å². The number of methoxy groups -OCH3 is 1. The predicted octanol–water partition coefficient (Wildman–Crippen LogP) is 3.63. The summed E-state index contributed by atoms with van der Waals surface area (Å²) in [7, 11) is 1.49. The molecule has 0 radical (unpaired) electrons. The Kier molecular flexibility index (Phi) is 6.52. The van der Waals surface area contributed by atoms with Crippen molar-refractivity contribution in [1.29, 1.82) is 0 Å². The highest BCUT2D eigenvalue weighted by Gasteiger charge is 2.16. The van der Waals surface area contributed by atoms with Crippen molar-refractivity contribution >= 4 is 27.8 Å². The Morgan fingerprint density at radius 3 is 2.52 bits per heavy atom. The first-order valence-corrected chi connectivity index (χ1v) is 8.25. The fourth-order valence-corrected chi connectivity index (χ4v) is 2.52. The second-order valence-corrected chi connectivity index (χ2v) is 6.12. The monoisotopic (exact) mass is 409 g/mol. The maximum Gasteiger partial charge on any atom is 0.339 e. The molecule has 0 fully saturated rings. The summed E-state index contributed by atoms with van der Waals surface area (Å²) >= 11 is 3.26. The highest BCUT2D eigenvalue weighted by atomic mass is 79.9. The van der Waals surface area contributed by atoms with Gasteiger partial charge in [-0.15, -0.1) is 0 Å². The second-order valence-electron chi connectivity index (χ2n) is 5.26. The van der Waals surface area contributed by atoms with E-state index in [1.807, 2.05) is 0 Å². The number of ether oxygens (including phenoxy) is 2. The summed E-state index contributed by atoms with van der Waals surface area (Å²) in [4.78, 5) is 24.0. The lowest BCUT2D eigenvalue weighted by Gasteiger charge is -2.14. The van der Waals surface area contributed by atoms with Crippen molar-refractivity contribution in [3.63, 3.8) is 0 Å². The lowest BCUT2D eigenvalue weighted by Crippen LogP contribution is -2.31. The fraction of sp³-hybridized carbons (Fsp3) is 0.222. The number of amides is 1. The van der Waals surface area contributed by atoms with E-state index in [9.17, 15) is 14.0 Å². The first kappa shape index (κ1) is 18.9. The summed E-state index contributed by atoms with van der Waals surface area (Å²) in [5.41, 5.74) is 1.01. The highest BCUT2D eigenvalue weighted by Crippen LogP contribution is 2.23. The zero-order valence-corrected chi connectivity index (χ0v) is 15.3. The molecule has 0 unspecified atom stereocenters. The van der Waals surface area contributed by atoms with Crippen LogP contribution in [-0.4, -0.2) is 25.6 Å². The normalized spacial score (nSPS) is 11.5. The third-order valence-corrected chi connectivity index (χ3v) is 4.17. The zero-order chi connectivity index (χ0) is 18.4. The molecule has 0 aliphatic carbocycles. The molecule has 1 amide bonds. The van der Waals surface area contributed by atoms with E-state index in [0.717, 1.165) is 5.56 Å². The molecule has 0 bridgehead atoms. The van der Waals surface area contributed by atoms with Gasteiger partial charge in [0.1, 0.15) is 11.6 Å². The number of halogens is 2. The van der Waals surface area contributed by atoms with Crippen LogP contribution in [0.15, 0.2) is 46.9 Å². The van der Waals surface area contributed by atoms with E-state index < -0.39 is 18.5 Å². The Hall–Kier alpha value is -2.41. The minimum atomic E-state index is -0.643. The molecular formula is C18H17BrFNO4. The van der Waals surface area contributed by atoms with Crippen LogP contribution in [0.4, 0.5) is 4.39 Å². The molecule has 25 heavy (non-hydrogen) atoms. The Bertz CT molecular complexity index is 764. The highest BCUT2D eigenvalue weighted by molar-refractivity contribution is 9.10. The first-order chi connectivity index (χ1) is 11.9. The van der Waals surface area contributed by atoms with Crippen LogP contribution in [0.2, 0.25) is 0 Å². The molecule has 0 heterocycles. The van der Waals surface area contributed by atoms with Gasteiger partial charge in [-0.3, -0.25) is 4.79 Å². The zero-order valence-electron chi connectivity index (χ0n) is 13.7. The van der Waals surface area contributed by atoms with Crippen LogP contribution < -0.4 is 10.1 Å². The Morgan fingerprint density at radius 2 is 1.88 bits per heavy atom. The quantitative estimate of drug-likeness (QED) is 0.739. The molecule has 0 aliphatic rings. The Balaban J connectivity index is 1.91. The van der Waals surface area contributed by atoms with E-state index in [-0.39, 0.29) is 17.4 Å². The summed E-state index contributed by atoms with van der Waals surface area (Å²) in [6.07, 6.45) is 0. The molecule has 1 atom stereocenters. The maximum absolute atomic E-state index is 12.9. The molecule has 0 spiro atoms. The number of rotatable bonds is 6. The van der Waals surface area contributed by atoms with Crippen LogP contribution in [0.25, 0.3) is 0 Å². The third kappa shape index (κ3) is 5.29. The minimum Gasteiger partial charge on any atom is -0.497 e. The van der Waals surface area contributed by atoms with Gasteiger partial charge < -0.3 is 14.8 Å². The number of hydrogen-bond acceptors (Lipinski definition) is 4. The summed E-state index contributed by atoms with van der Waals surface area (Å²) < 4.78 is 23.5. The Labute approximate surface area is 153 Å². The molecule has 7 heteroatoms. The van der Waals surface area contributed by atoms with Crippen molar-refractivity contribution in [2.75, 3.05) is 13.7 Å². The van der Waals surface area contributed by atoms with Crippen LogP contribution in [0.5, 0.6) is 5.75 Å². The maximum atomic E-state index is 12.9. The number of carbonyl (C=O) groups excluding carboxylic acids is 2. The van der Waals surface area contributed by atoms with Crippen molar-refractivity contribution in [2.45, 2.75) is 13.0 Å². The molecule has 0 saturated heterocycles. The fourth-order valence-electron chi connectivity index (χ4n) is 2.11. The van der Waals surface area contributed by atoms with Gasteiger partial charge in [0.2, 0.25) is 0 Å². The number of esters is 1. The van der Waals surface area contributed by atoms with Crippen LogP contribution in [0, 0.1) is 5.82 Å². The number of carbonyl (C=O) groups is 2. The number of hydrogen-bond donors (Lipinski definition) is 1. The average Bonchev–Trinajstić information content (AvgIpc) is 2.60. The SMILES string of the molecule is COc1ccc(Br)c(C(=O)OCC(=O)N[C@H](C)c2ccc(F)cc2)c1. The third-order valence-electron chi connectivity index (χ3n) is 3.48. The Morgan fingerprint density at radius 1 is 1.20 bits per heavy atom. The smallest absolute Gasteiger partial charge is 0.339 e. The molecule has 2 aromatic rings. The van der Waals surface area contributed by atoms with E-state index in [0.29, 0.717) is 10.2 Å².